The van der Waals surface area contributed by atoms with Gasteiger partial charge >= 0.3 is 11.9 Å². The zero-order valence-electron chi connectivity index (χ0n) is 10.9. The van der Waals surface area contributed by atoms with E-state index in [0.29, 0.717) is 17.7 Å². The van der Waals surface area contributed by atoms with Crippen LogP contribution in [0.25, 0.3) is 0 Å². The van der Waals surface area contributed by atoms with Crippen LogP contribution in [0, 0.1) is 0 Å². The van der Waals surface area contributed by atoms with Gasteiger partial charge in [-0.15, -0.1) is 0 Å². The third-order valence-electron chi connectivity index (χ3n) is 2.47. The molecular formula is C15H13NO4. The maximum Gasteiger partial charge on any atom is 0.343 e. The lowest BCUT2D eigenvalue weighted by molar-refractivity contribution is 0.0524. The lowest BCUT2D eigenvalue weighted by atomic mass is 10.2. The Morgan fingerprint density at radius 1 is 1.05 bits per heavy atom. The fourth-order valence-corrected chi connectivity index (χ4v) is 1.55. The van der Waals surface area contributed by atoms with Crippen molar-refractivity contribution in [1.82, 2.24) is 4.98 Å². The summed E-state index contributed by atoms with van der Waals surface area (Å²) in [4.78, 5) is 27.3. The molecule has 0 radical (unpaired) electrons. The second-order valence-corrected chi connectivity index (χ2v) is 3.87. The van der Waals surface area contributed by atoms with E-state index in [4.69, 9.17) is 9.47 Å². The molecule has 102 valence electrons. The van der Waals surface area contributed by atoms with Gasteiger partial charge in [0, 0.05) is 12.4 Å². The van der Waals surface area contributed by atoms with E-state index in [9.17, 15) is 9.59 Å². The predicted molar refractivity (Wildman–Crippen MR) is 71.6 cm³/mol. The van der Waals surface area contributed by atoms with Crippen molar-refractivity contribution < 1.29 is 19.1 Å². The van der Waals surface area contributed by atoms with E-state index in [1.54, 1.807) is 37.3 Å². The van der Waals surface area contributed by atoms with E-state index in [1.165, 1.54) is 18.5 Å². The van der Waals surface area contributed by atoms with Gasteiger partial charge in [-0.3, -0.25) is 4.98 Å². The van der Waals surface area contributed by atoms with Gasteiger partial charge in [0.15, 0.2) is 0 Å². The number of benzene rings is 1. The molecule has 0 fully saturated rings. The highest BCUT2D eigenvalue weighted by Gasteiger charge is 2.11. The van der Waals surface area contributed by atoms with Crippen LogP contribution in [0.1, 0.15) is 27.6 Å². The third-order valence-corrected chi connectivity index (χ3v) is 2.47. The van der Waals surface area contributed by atoms with E-state index in [1.807, 2.05) is 0 Å². The van der Waals surface area contributed by atoms with Crippen LogP contribution >= 0.6 is 0 Å². The number of carbonyl (C=O) groups is 2. The van der Waals surface area contributed by atoms with Crippen LogP contribution in [0.4, 0.5) is 0 Å². The standard InChI is InChI=1S/C15H13NO4/c1-2-19-14(17)12-4-3-5-13(10-12)20-15(18)11-6-8-16-9-7-11/h3-10H,2H2,1H3. The average Bonchev–Trinajstić information content (AvgIpc) is 2.48. The Balaban J connectivity index is 2.12. The summed E-state index contributed by atoms with van der Waals surface area (Å²) >= 11 is 0. The molecule has 0 aliphatic carbocycles. The van der Waals surface area contributed by atoms with Crippen molar-refractivity contribution in [2.24, 2.45) is 0 Å². The van der Waals surface area contributed by atoms with E-state index in [-0.39, 0.29) is 5.75 Å². The van der Waals surface area contributed by atoms with Crippen LogP contribution in [0.2, 0.25) is 0 Å². The van der Waals surface area contributed by atoms with Crippen LogP contribution in [-0.4, -0.2) is 23.5 Å². The molecule has 0 saturated heterocycles. The van der Waals surface area contributed by atoms with Crippen molar-refractivity contribution in [1.29, 1.82) is 0 Å². The summed E-state index contributed by atoms with van der Waals surface area (Å²) in [6, 6.07) is 9.40. The number of hydrogen-bond acceptors (Lipinski definition) is 5. The zero-order chi connectivity index (χ0) is 14.4. The molecule has 1 aromatic heterocycles. The molecule has 5 nitrogen and oxygen atoms in total. The number of carbonyl (C=O) groups excluding carboxylic acids is 2. The highest BCUT2D eigenvalue weighted by molar-refractivity contribution is 5.92. The first kappa shape index (κ1) is 13.7. The number of ether oxygens (including phenoxy) is 2. The molecule has 0 N–H and O–H groups in total. The van der Waals surface area contributed by atoms with Crippen molar-refractivity contribution in [3.8, 4) is 5.75 Å². The van der Waals surface area contributed by atoms with Crippen LogP contribution in [0.15, 0.2) is 48.8 Å². The quantitative estimate of drug-likeness (QED) is 0.631. The monoisotopic (exact) mass is 271 g/mol. The van der Waals surface area contributed by atoms with Gasteiger partial charge in [-0.05, 0) is 37.3 Å². The number of rotatable bonds is 4. The smallest absolute Gasteiger partial charge is 0.343 e. The highest BCUT2D eigenvalue weighted by Crippen LogP contribution is 2.16. The lowest BCUT2D eigenvalue weighted by Gasteiger charge is -2.06. The second-order valence-electron chi connectivity index (χ2n) is 3.87. The molecule has 0 spiro atoms. The molecule has 0 unspecified atom stereocenters. The summed E-state index contributed by atoms with van der Waals surface area (Å²) in [5.41, 5.74) is 0.730. The van der Waals surface area contributed by atoms with Crippen LogP contribution < -0.4 is 4.74 Å². The number of hydrogen-bond donors (Lipinski definition) is 0. The number of nitrogens with zero attached hydrogens (tertiary/aromatic N) is 1. The van der Waals surface area contributed by atoms with Gasteiger partial charge in [0.05, 0.1) is 17.7 Å². The van der Waals surface area contributed by atoms with Crippen LogP contribution in [0.3, 0.4) is 0 Å². The molecule has 0 aliphatic heterocycles. The zero-order valence-corrected chi connectivity index (χ0v) is 10.9. The third kappa shape index (κ3) is 3.41. The van der Waals surface area contributed by atoms with E-state index < -0.39 is 11.9 Å². The van der Waals surface area contributed by atoms with Crippen molar-refractivity contribution >= 4 is 11.9 Å². The number of esters is 2. The molecule has 0 amide bonds. The SMILES string of the molecule is CCOC(=O)c1cccc(OC(=O)c2ccncc2)c1. The molecule has 2 aromatic rings. The molecule has 5 heteroatoms. The molecule has 0 saturated carbocycles. The topological polar surface area (TPSA) is 65.5 Å². The largest absolute Gasteiger partial charge is 0.462 e. The predicted octanol–water partition coefficient (Wildman–Crippen LogP) is 2.48. The van der Waals surface area contributed by atoms with Crippen LogP contribution in [-0.2, 0) is 4.74 Å². The minimum absolute atomic E-state index is 0.289. The van der Waals surface area contributed by atoms with Gasteiger partial charge in [0.25, 0.3) is 0 Å². The fraction of sp³-hybridized carbons (Fsp3) is 0.133. The molecule has 1 heterocycles. The van der Waals surface area contributed by atoms with Crippen molar-refractivity contribution in [2.45, 2.75) is 6.92 Å². The Hall–Kier alpha value is -2.69. The fourth-order valence-electron chi connectivity index (χ4n) is 1.55. The summed E-state index contributed by atoms with van der Waals surface area (Å²) in [6.45, 7) is 2.02. The number of pyridine rings is 1. The Kier molecular flexibility index (Phi) is 4.44. The Bertz CT molecular complexity index is 610. The summed E-state index contributed by atoms with van der Waals surface area (Å²) < 4.78 is 10.1. The maximum absolute atomic E-state index is 11.9. The van der Waals surface area contributed by atoms with Gasteiger partial charge < -0.3 is 9.47 Å². The minimum atomic E-state index is -0.506. The van der Waals surface area contributed by atoms with Crippen molar-refractivity contribution in [3.05, 3.63) is 59.9 Å². The molecular weight excluding hydrogens is 258 g/mol. The van der Waals surface area contributed by atoms with E-state index in [0.717, 1.165) is 0 Å². The molecule has 0 atom stereocenters. The Labute approximate surface area is 116 Å². The first-order valence-electron chi connectivity index (χ1n) is 6.10. The number of aromatic nitrogens is 1. The van der Waals surface area contributed by atoms with Gasteiger partial charge in [-0.2, -0.15) is 0 Å². The summed E-state index contributed by atoms with van der Waals surface area (Å²) in [6.07, 6.45) is 3.01. The van der Waals surface area contributed by atoms with E-state index in [2.05, 4.69) is 4.98 Å². The molecule has 2 rings (SSSR count). The van der Waals surface area contributed by atoms with Crippen molar-refractivity contribution in [3.63, 3.8) is 0 Å². The Morgan fingerprint density at radius 2 is 1.80 bits per heavy atom. The van der Waals surface area contributed by atoms with Crippen LogP contribution in [0.5, 0.6) is 5.75 Å². The lowest BCUT2D eigenvalue weighted by Crippen LogP contribution is -2.09. The summed E-state index contributed by atoms with van der Waals surface area (Å²) in [7, 11) is 0. The van der Waals surface area contributed by atoms with Gasteiger partial charge in [-0.1, -0.05) is 6.07 Å². The maximum atomic E-state index is 11.9. The molecule has 20 heavy (non-hydrogen) atoms. The summed E-state index contributed by atoms with van der Waals surface area (Å²) in [5, 5.41) is 0. The first-order chi connectivity index (χ1) is 9.70. The highest BCUT2D eigenvalue weighted by atomic mass is 16.5. The second kappa shape index (κ2) is 6.47. The van der Waals surface area contributed by atoms with E-state index >= 15 is 0 Å². The Morgan fingerprint density at radius 3 is 2.50 bits per heavy atom. The molecule has 1 aromatic carbocycles. The van der Waals surface area contributed by atoms with Gasteiger partial charge in [0.2, 0.25) is 0 Å². The molecule has 0 aliphatic rings. The van der Waals surface area contributed by atoms with Crippen molar-refractivity contribution in [2.75, 3.05) is 6.61 Å². The van der Waals surface area contributed by atoms with Gasteiger partial charge in [0.1, 0.15) is 5.75 Å². The normalized spacial score (nSPS) is 9.85. The first-order valence-corrected chi connectivity index (χ1v) is 6.10. The summed E-state index contributed by atoms with van der Waals surface area (Å²) in [5.74, 6) is -0.667. The van der Waals surface area contributed by atoms with Gasteiger partial charge in [-0.25, -0.2) is 9.59 Å². The minimum Gasteiger partial charge on any atom is -0.462 e. The molecule has 0 bridgehead atoms. The average molecular weight is 271 g/mol.